The van der Waals surface area contributed by atoms with Gasteiger partial charge < -0.3 is 10.6 Å². The molecule has 0 atom stereocenters. The van der Waals surface area contributed by atoms with E-state index in [2.05, 4.69) is 23.4 Å². The van der Waals surface area contributed by atoms with Crippen molar-refractivity contribution in [2.75, 3.05) is 14.9 Å². The van der Waals surface area contributed by atoms with E-state index in [-0.39, 0.29) is 10.9 Å². The number of benzene rings is 2. The van der Waals surface area contributed by atoms with Crippen molar-refractivity contribution in [2.24, 2.45) is 0 Å². The molecule has 0 aromatic heterocycles. The molecule has 8 heteroatoms. The number of carbonyl (C=O) groups excluding carboxylic acids is 2. The third-order valence-corrected chi connectivity index (χ3v) is 3.50. The smallest absolute Gasteiger partial charge is 0.326 e. The zero-order valence-electron chi connectivity index (χ0n) is 12.0. The number of carbonyl (C=O) groups is 2. The van der Waals surface area contributed by atoms with E-state index in [9.17, 15) is 14.0 Å². The predicted octanol–water partition coefficient (Wildman–Crippen LogP) is 4.32. The van der Waals surface area contributed by atoms with Crippen LogP contribution in [0.25, 0.3) is 0 Å². The van der Waals surface area contributed by atoms with Gasteiger partial charge in [-0.25, -0.2) is 13.5 Å². The molecule has 2 N–H and O–H groups in total. The second-order valence-electron chi connectivity index (χ2n) is 4.60. The van der Waals surface area contributed by atoms with Crippen molar-refractivity contribution in [1.82, 2.24) is 0 Å². The van der Waals surface area contributed by atoms with Crippen LogP contribution in [-0.4, -0.2) is 11.9 Å². The molecule has 0 saturated heterocycles. The summed E-state index contributed by atoms with van der Waals surface area (Å²) < 4.78 is 14.2. The number of rotatable bonds is 3. The third kappa shape index (κ3) is 4.61. The van der Waals surface area contributed by atoms with E-state index in [1.165, 1.54) is 19.1 Å². The van der Waals surface area contributed by atoms with Crippen LogP contribution in [-0.2, 0) is 4.79 Å². The molecular weight excluding hydrogens is 341 g/mol. The lowest BCUT2D eigenvalue weighted by atomic mass is 10.2. The highest BCUT2D eigenvalue weighted by atomic mass is 35.5. The zero-order valence-corrected chi connectivity index (χ0v) is 13.7. The normalized spacial score (nSPS) is 10.1. The molecule has 0 bridgehead atoms. The fourth-order valence-electron chi connectivity index (χ4n) is 1.76. The molecule has 0 spiro atoms. The molecule has 0 radical (unpaired) electrons. The Morgan fingerprint density at radius 3 is 2.26 bits per heavy atom. The second-order valence-corrected chi connectivity index (χ2v) is 5.41. The average molecular weight is 354 g/mol. The molecule has 0 fully saturated rings. The molecule has 0 unspecified atom stereocenters. The fourth-order valence-corrected chi connectivity index (χ4v) is 2.12. The van der Waals surface area contributed by atoms with Gasteiger partial charge in [-0.15, -0.1) is 0 Å². The lowest BCUT2D eigenvalue weighted by Crippen LogP contribution is -2.26. The number of thiol groups is 1. The number of nitrogens with zero attached hydrogens (tertiary/aromatic N) is 1. The standard InChI is InChI=1S/C15H13ClFN3O2S/c1-9(21)18-10-2-5-12(6-3-10)20(23)15(22)19-11-4-7-14(17)13(16)8-11/h2-8,23H,1H3,(H,18,21)(H,19,22). The summed E-state index contributed by atoms with van der Waals surface area (Å²) in [5, 5.41) is 5.07. The maximum atomic E-state index is 13.1. The van der Waals surface area contributed by atoms with Crippen molar-refractivity contribution < 1.29 is 14.0 Å². The minimum absolute atomic E-state index is 0.0897. The number of hydrogen-bond acceptors (Lipinski definition) is 3. The molecule has 0 aliphatic rings. The Kier molecular flexibility index (Phi) is 5.46. The second kappa shape index (κ2) is 7.34. The predicted molar refractivity (Wildman–Crippen MR) is 92.6 cm³/mol. The zero-order chi connectivity index (χ0) is 17.0. The van der Waals surface area contributed by atoms with Gasteiger partial charge >= 0.3 is 6.03 Å². The van der Waals surface area contributed by atoms with Gasteiger partial charge in [0.1, 0.15) is 5.82 Å². The summed E-state index contributed by atoms with van der Waals surface area (Å²) >= 11 is 9.78. The Morgan fingerprint density at radius 1 is 1.09 bits per heavy atom. The van der Waals surface area contributed by atoms with Crippen molar-refractivity contribution >= 4 is 53.4 Å². The summed E-state index contributed by atoms with van der Waals surface area (Å²) in [5.41, 5.74) is 1.44. The Balaban J connectivity index is 2.06. The highest BCUT2D eigenvalue weighted by Gasteiger charge is 2.13. The van der Waals surface area contributed by atoms with E-state index in [0.29, 0.717) is 17.1 Å². The molecule has 2 aromatic rings. The number of urea groups is 1. The van der Waals surface area contributed by atoms with Gasteiger partial charge in [-0.2, -0.15) is 0 Å². The molecule has 120 valence electrons. The largest absolute Gasteiger partial charge is 0.336 e. The first-order valence-corrected chi connectivity index (χ1v) is 7.27. The monoisotopic (exact) mass is 353 g/mol. The molecule has 2 rings (SSSR count). The summed E-state index contributed by atoms with van der Waals surface area (Å²) in [4.78, 5) is 23.1. The van der Waals surface area contributed by atoms with Crippen molar-refractivity contribution in [3.63, 3.8) is 0 Å². The van der Waals surface area contributed by atoms with E-state index in [1.807, 2.05) is 0 Å². The molecule has 0 aliphatic heterocycles. The Labute approximate surface area is 143 Å². The first-order valence-electron chi connectivity index (χ1n) is 6.49. The van der Waals surface area contributed by atoms with Crippen molar-refractivity contribution in [2.45, 2.75) is 6.92 Å². The van der Waals surface area contributed by atoms with Crippen LogP contribution in [0.5, 0.6) is 0 Å². The van der Waals surface area contributed by atoms with Gasteiger partial charge in [0.15, 0.2) is 0 Å². The van der Waals surface area contributed by atoms with Crippen LogP contribution in [0.4, 0.5) is 26.2 Å². The molecular formula is C15H13ClFN3O2S. The molecule has 3 amide bonds. The van der Waals surface area contributed by atoms with Gasteiger partial charge in [-0.1, -0.05) is 24.4 Å². The van der Waals surface area contributed by atoms with Crippen LogP contribution in [0, 0.1) is 5.82 Å². The van der Waals surface area contributed by atoms with E-state index >= 15 is 0 Å². The maximum Gasteiger partial charge on any atom is 0.336 e. The van der Waals surface area contributed by atoms with Gasteiger partial charge in [0.2, 0.25) is 5.91 Å². The van der Waals surface area contributed by atoms with Crippen LogP contribution < -0.4 is 14.9 Å². The highest BCUT2D eigenvalue weighted by molar-refractivity contribution is 7.82. The summed E-state index contributed by atoms with van der Waals surface area (Å²) in [7, 11) is 0. The van der Waals surface area contributed by atoms with E-state index in [4.69, 9.17) is 11.6 Å². The van der Waals surface area contributed by atoms with Crippen molar-refractivity contribution in [3.8, 4) is 0 Å². The number of amides is 3. The molecule has 0 saturated carbocycles. The quantitative estimate of drug-likeness (QED) is 0.719. The van der Waals surface area contributed by atoms with Crippen LogP contribution in [0.3, 0.4) is 0 Å². The average Bonchev–Trinajstić information content (AvgIpc) is 2.50. The van der Waals surface area contributed by atoms with Gasteiger partial charge in [-0.3, -0.25) is 4.79 Å². The number of nitrogens with one attached hydrogen (secondary N) is 2. The summed E-state index contributed by atoms with van der Waals surface area (Å²) in [5.74, 6) is -0.757. The summed E-state index contributed by atoms with van der Waals surface area (Å²) in [6.45, 7) is 1.40. The number of hydrogen-bond donors (Lipinski definition) is 3. The number of halogens is 2. The van der Waals surface area contributed by atoms with Crippen molar-refractivity contribution in [3.05, 3.63) is 53.3 Å². The Morgan fingerprint density at radius 2 is 1.70 bits per heavy atom. The minimum Gasteiger partial charge on any atom is -0.326 e. The van der Waals surface area contributed by atoms with Gasteiger partial charge in [0.05, 0.1) is 10.7 Å². The van der Waals surface area contributed by atoms with Gasteiger partial charge in [0.25, 0.3) is 0 Å². The third-order valence-electron chi connectivity index (χ3n) is 2.80. The Hall–Kier alpha value is -2.25. The topological polar surface area (TPSA) is 61.4 Å². The molecule has 2 aromatic carbocycles. The first-order chi connectivity index (χ1) is 10.9. The Bertz CT molecular complexity index is 740. The minimum atomic E-state index is -0.569. The summed E-state index contributed by atoms with van der Waals surface area (Å²) in [6, 6.07) is 9.83. The summed E-state index contributed by atoms with van der Waals surface area (Å²) in [6.07, 6.45) is 0. The molecule has 5 nitrogen and oxygen atoms in total. The highest BCUT2D eigenvalue weighted by Crippen LogP contribution is 2.23. The van der Waals surface area contributed by atoms with E-state index in [1.54, 1.807) is 24.3 Å². The van der Waals surface area contributed by atoms with E-state index < -0.39 is 11.8 Å². The van der Waals surface area contributed by atoms with Crippen LogP contribution in [0.1, 0.15) is 6.92 Å². The van der Waals surface area contributed by atoms with Crippen LogP contribution in [0.2, 0.25) is 5.02 Å². The lowest BCUT2D eigenvalue weighted by molar-refractivity contribution is -0.114. The fraction of sp³-hybridized carbons (Fsp3) is 0.0667. The first kappa shape index (κ1) is 17.1. The lowest BCUT2D eigenvalue weighted by Gasteiger charge is -2.17. The number of anilines is 3. The van der Waals surface area contributed by atoms with Gasteiger partial charge in [-0.05, 0) is 42.5 Å². The molecule has 0 heterocycles. The molecule has 0 aliphatic carbocycles. The van der Waals surface area contributed by atoms with Crippen LogP contribution in [0.15, 0.2) is 42.5 Å². The maximum absolute atomic E-state index is 13.1. The van der Waals surface area contributed by atoms with Gasteiger partial charge in [0, 0.05) is 18.3 Å². The van der Waals surface area contributed by atoms with Crippen LogP contribution >= 0.6 is 24.4 Å². The SMILES string of the molecule is CC(=O)Nc1ccc(N(S)C(=O)Nc2ccc(F)c(Cl)c2)cc1. The van der Waals surface area contributed by atoms with Crippen molar-refractivity contribution in [1.29, 1.82) is 0 Å². The van der Waals surface area contributed by atoms with E-state index in [0.717, 1.165) is 10.4 Å². The molecule has 23 heavy (non-hydrogen) atoms.